The van der Waals surface area contributed by atoms with Crippen molar-refractivity contribution >= 4 is 17.3 Å². The molecule has 114 valence electrons. The molecular weight excluding hydrogens is 287 g/mol. The quantitative estimate of drug-likeness (QED) is 0.862. The van der Waals surface area contributed by atoms with E-state index in [0.717, 1.165) is 24.9 Å². The van der Waals surface area contributed by atoms with Gasteiger partial charge in [0.1, 0.15) is 0 Å². The van der Waals surface area contributed by atoms with E-state index in [2.05, 4.69) is 24.1 Å². The van der Waals surface area contributed by atoms with Crippen LogP contribution >= 0.6 is 12.2 Å². The Morgan fingerprint density at radius 2 is 2.24 bits per heavy atom. The van der Waals surface area contributed by atoms with Crippen molar-refractivity contribution in [3.05, 3.63) is 29.6 Å². The summed E-state index contributed by atoms with van der Waals surface area (Å²) >= 11 is 5.52. The third kappa shape index (κ3) is 2.09. The van der Waals surface area contributed by atoms with E-state index in [1.165, 1.54) is 6.07 Å². The fourth-order valence-electron chi connectivity index (χ4n) is 3.31. The topological polar surface area (TPSA) is 24.5 Å². The van der Waals surface area contributed by atoms with Gasteiger partial charge in [-0.3, -0.25) is 0 Å². The van der Waals surface area contributed by atoms with Crippen molar-refractivity contribution in [1.29, 1.82) is 0 Å². The van der Waals surface area contributed by atoms with Crippen LogP contribution in [0, 0.1) is 11.7 Å². The zero-order valence-corrected chi connectivity index (χ0v) is 13.5. The number of rotatable bonds is 3. The molecule has 21 heavy (non-hydrogen) atoms. The first-order valence-corrected chi connectivity index (χ1v) is 7.95. The molecule has 1 N–H and O–H groups in total. The molecule has 2 bridgehead atoms. The molecule has 0 aliphatic carbocycles. The summed E-state index contributed by atoms with van der Waals surface area (Å²) < 4.78 is 20.3. The molecule has 2 aliphatic rings. The second-order valence-corrected chi connectivity index (χ2v) is 6.42. The van der Waals surface area contributed by atoms with E-state index >= 15 is 0 Å². The van der Waals surface area contributed by atoms with Crippen LogP contribution in [0.5, 0.6) is 5.75 Å². The number of benzene rings is 1. The summed E-state index contributed by atoms with van der Waals surface area (Å²) in [5, 5.41) is 4.07. The van der Waals surface area contributed by atoms with E-state index in [1.54, 1.807) is 6.07 Å². The minimum Gasteiger partial charge on any atom is -0.464 e. The number of nitrogens with one attached hydrogen (secondary N) is 1. The lowest BCUT2D eigenvalue weighted by Crippen LogP contribution is -2.69. The lowest BCUT2D eigenvalue weighted by atomic mass is 9.81. The highest BCUT2D eigenvalue weighted by Gasteiger charge is 2.53. The molecule has 1 aromatic carbocycles. The standard InChI is InChI=1S/C16H21FN2OS/c1-4-5-9-19-15(21)18-13-10(2)16(19,3)20-14-11(13)7-6-8-12(14)17/h6-8,10,13H,4-5,9H2,1-3H3,(H,18,21). The number of hydrogen-bond acceptors (Lipinski definition) is 2. The number of para-hydroxylation sites is 1. The number of unbranched alkanes of at least 4 members (excludes halogenated alkanes) is 1. The highest BCUT2D eigenvalue weighted by molar-refractivity contribution is 7.80. The van der Waals surface area contributed by atoms with Crippen molar-refractivity contribution in [3.8, 4) is 5.75 Å². The number of ether oxygens (including phenoxy) is 1. The van der Waals surface area contributed by atoms with Crippen LogP contribution in [0.25, 0.3) is 0 Å². The first-order valence-electron chi connectivity index (χ1n) is 7.54. The van der Waals surface area contributed by atoms with Crippen LogP contribution in [0.4, 0.5) is 4.39 Å². The highest BCUT2D eigenvalue weighted by atomic mass is 32.1. The Bertz CT molecular complexity index is 579. The maximum Gasteiger partial charge on any atom is 0.186 e. The summed E-state index contributed by atoms with van der Waals surface area (Å²) in [7, 11) is 0. The van der Waals surface area contributed by atoms with Gasteiger partial charge in [-0.2, -0.15) is 0 Å². The monoisotopic (exact) mass is 308 g/mol. The summed E-state index contributed by atoms with van der Waals surface area (Å²) in [6, 6.07) is 5.08. The maximum absolute atomic E-state index is 14.1. The van der Waals surface area contributed by atoms with Crippen LogP contribution in [0.3, 0.4) is 0 Å². The van der Waals surface area contributed by atoms with Crippen LogP contribution in [-0.2, 0) is 0 Å². The van der Waals surface area contributed by atoms with Crippen LogP contribution < -0.4 is 10.1 Å². The highest BCUT2D eigenvalue weighted by Crippen LogP contribution is 2.48. The van der Waals surface area contributed by atoms with Crippen molar-refractivity contribution in [3.63, 3.8) is 0 Å². The first-order chi connectivity index (χ1) is 9.99. The van der Waals surface area contributed by atoms with Crippen molar-refractivity contribution in [2.24, 2.45) is 5.92 Å². The Labute approximate surface area is 130 Å². The van der Waals surface area contributed by atoms with Gasteiger partial charge in [0.05, 0.1) is 6.04 Å². The number of nitrogens with zero attached hydrogens (tertiary/aromatic N) is 1. The molecule has 3 unspecified atom stereocenters. The number of halogens is 1. The molecule has 0 aromatic heterocycles. The number of hydrogen-bond donors (Lipinski definition) is 1. The summed E-state index contributed by atoms with van der Waals surface area (Å²) in [6.07, 6.45) is 2.11. The number of fused-ring (bicyclic) bond motifs is 4. The van der Waals surface area contributed by atoms with E-state index in [0.29, 0.717) is 10.9 Å². The third-order valence-corrected chi connectivity index (χ3v) is 5.12. The van der Waals surface area contributed by atoms with Gasteiger partial charge in [-0.25, -0.2) is 4.39 Å². The zero-order chi connectivity index (χ0) is 15.2. The van der Waals surface area contributed by atoms with Crippen molar-refractivity contribution in [2.45, 2.75) is 45.4 Å². The Hall–Kier alpha value is -1.36. The molecular formula is C16H21FN2OS. The van der Waals surface area contributed by atoms with Gasteiger partial charge < -0.3 is 15.0 Å². The lowest BCUT2D eigenvalue weighted by Gasteiger charge is -2.56. The third-order valence-electron chi connectivity index (χ3n) is 4.78. The van der Waals surface area contributed by atoms with Crippen LogP contribution in [0.15, 0.2) is 18.2 Å². The maximum atomic E-state index is 14.1. The fraction of sp³-hybridized carbons (Fsp3) is 0.562. The molecule has 1 fully saturated rings. The summed E-state index contributed by atoms with van der Waals surface area (Å²) in [5.41, 5.74) is 0.259. The normalized spacial score (nSPS) is 30.5. The predicted octanol–water partition coefficient (Wildman–Crippen LogP) is 3.60. The Balaban J connectivity index is 2.05. The zero-order valence-electron chi connectivity index (χ0n) is 12.6. The molecule has 3 nitrogen and oxygen atoms in total. The van der Waals surface area contributed by atoms with E-state index in [4.69, 9.17) is 17.0 Å². The van der Waals surface area contributed by atoms with Crippen molar-refractivity contribution in [1.82, 2.24) is 10.2 Å². The average Bonchev–Trinajstić information content (AvgIpc) is 2.44. The molecule has 1 aromatic rings. The second kappa shape index (κ2) is 5.13. The van der Waals surface area contributed by atoms with Gasteiger partial charge in [-0.15, -0.1) is 0 Å². The van der Waals surface area contributed by atoms with Gasteiger partial charge in [0, 0.05) is 18.0 Å². The molecule has 3 rings (SSSR count). The summed E-state index contributed by atoms with van der Waals surface area (Å²) in [5.74, 6) is 0.232. The SMILES string of the molecule is CCCCN1C(=S)NC2c3cccc(F)c3OC1(C)C2C. The van der Waals surface area contributed by atoms with Gasteiger partial charge in [-0.05, 0) is 31.6 Å². The van der Waals surface area contributed by atoms with Gasteiger partial charge in [0.25, 0.3) is 0 Å². The fourth-order valence-corrected chi connectivity index (χ4v) is 3.71. The molecule has 0 amide bonds. The van der Waals surface area contributed by atoms with Gasteiger partial charge in [-0.1, -0.05) is 32.4 Å². The summed E-state index contributed by atoms with van der Waals surface area (Å²) in [6.45, 7) is 7.11. The van der Waals surface area contributed by atoms with E-state index in [-0.39, 0.29) is 17.8 Å². The predicted molar refractivity (Wildman–Crippen MR) is 84.7 cm³/mol. The molecule has 0 saturated carbocycles. The minimum atomic E-state index is -0.600. The second-order valence-electron chi connectivity index (χ2n) is 6.04. The molecule has 1 saturated heterocycles. The van der Waals surface area contributed by atoms with Crippen LogP contribution in [0.1, 0.15) is 45.2 Å². The van der Waals surface area contributed by atoms with Gasteiger partial charge in [0.2, 0.25) is 0 Å². The molecule has 3 atom stereocenters. The molecule has 5 heteroatoms. The van der Waals surface area contributed by atoms with Crippen molar-refractivity contribution in [2.75, 3.05) is 6.54 Å². The Kier molecular flexibility index (Phi) is 3.56. The van der Waals surface area contributed by atoms with Crippen LogP contribution in [0.2, 0.25) is 0 Å². The minimum absolute atomic E-state index is 0.000161. The number of thiocarbonyl (C=S) groups is 1. The van der Waals surface area contributed by atoms with E-state index < -0.39 is 5.72 Å². The van der Waals surface area contributed by atoms with Crippen LogP contribution in [-0.4, -0.2) is 22.3 Å². The molecule has 2 aliphatic heterocycles. The summed E-state index contributed by atoms with van der Waals surface area (Å²) in [4.78, 5) is 2.07. The van der Waals surface area contributed by atoms with E-state index in [9.17, 15) is 4.39 Å². The molecule has 0 radical (unpaired) electrons. The average molecular weight is 308 g/mol. The lowest BCUT2D eigenvalue weighted by molar-refractivity contribution is -0.112. The molecule has 0 spiro atoms. The Morgan fingerprint density at radius 3 is 2.95 bits per heavy atom. The van der Waals surface area contributed by atoms with E-state index in [1.807, 2.05) is 13.0 Å². The largest absolute Gasteiger partial charge is 0.464 e. The van der Waals surface area contributed by atoms with Crippen molar-refractivity contribution < 1.29 is 9.13 Å². The smallest absolute Gasteiger partial charge is 0.186 e. The Morgan fingerprint density at radius 1 is 1.48 bits per heavy atom. The molecule has 2 heterocycles. The first kappa shape index (κ1) is 14.6. The van der Waals surface area contributed by atoms with Gasteiger partial charge >= 0.3 is 0 Å². The van der Waals surface area contributed by atoms with Gasteiger partial charge in [0.15, 0.2) is 22.4 Å².